The van der Waals surface area contributed by atoms with Gasteiger partial charge in [0.2, 0.25) is 5.91 Å². The lowest BCUT2D eigenvalue weighted by Crippen LogP contribution is -2.15. The molecule has 0 aliphatic rings. The molecule has 0 radical (unpaired) electrons. The Hall–Kier alpha value is -2.54. The van der Waals surface area contributed by atoms with Crippen LogP contribution in [0.4, 0.5) is 9.52 Å². The number of nitrogens with one attached hydrogen (secondary N) is 1. The van der Waals surface area contributed by atoms with Crippen LogP contribution < -0.4 is 5.32 Å². The number of aromatic nitrogens is 3. The van der Waals surface area contributed by atoms with Gasteiger partial charge in [-0.2, -0.15) is 5.10 Å². The Kier molecular flexibility index (Phi) is 6.24. The summed E-state index contributed by atoms with van der Waals surface area (Å²) in [7, 11) is 0. The van der Waals surface area contributed by atoms with Gasteiger partial charge >= 0.3 is 0 Å². The van der Waals surface area contributed by atoms with Crippen molar-refractivity contribution in [3.8, 4) is 0 Å². The Balaban J connectivity index is 1.62. The Labute approximate surface area is 168 Å². The third-order valence-corrected chi connectivity index (χ3v) is 5.41. The van der Waals surface area contributed by atoms with Gasteiger partial charge in [0.15, 0.2) is 5.13 Å². The third-order valence-electron chi connectivity index (χ3n) is 4.50. The van der Waals surface area contributed by atoms with Crippen molar-refractivity contribution in [3.63, 3.8) is 0 Å². The van der Waals surface area contributed by atoms with Crippen LogP contribution in [0.15, 0.2) is 30.5 Å². The lowest BCUT2D eigenvalue weighted by atomic mass is 10.1. The maximum Gasteiger partial charge on any atom is 0.230 e. The summed E-state index contributed by atoms with van der Waals surface area (Å²) in [6, 6.07) is 6.41. The number of carbonyl (C=O) groups excluding carboxylic acids is 1. The number of aryl methyl sites for hydroxylation is 1. The van der Waals surface area contributed by atoms with Gasteiger partial charge < -0.3 is 5.32 Å². The lowest BCUT2D eigenvalue weighted by Gasteiger charge is -2.08. The Morgan fingerprint density at radius 1 is 1.25 bits per heavy atom. The molecule has 0 aliphatic heterocycles. The Morgan fingerprint density at radius 2 is 1.96 bits per heavy atom. The van der Waals surface area contributed by atoms with Gasteiger partial charge in [-0.25, -0.2) is 9.37 Å². The minimum absolute atomic E-state index is 0.0991. The van der Waals surface area contributed by atoms with Gasteiger partial charge in [-0.15, -0.1) is 11.3 Å². The van der Waals surface area contributed by atoms with Gasteiger partial charge in [-0.3, -0.25) is 9.48 Å². The molecule has 1 amide bonds. The van der Waals surface area contributed by atoms with Gasteiger partial charge in [0.25, 0.3) is 0 Å². The average Bonchev–Trinajstić information content (AvgIpc) is 3.16. The molecule has 148 valence electrons. The van der Waals surface area contributed by atoms with E-state index < -0.39 is 0 Å². The molecule has 1 N–H and O–H groups in total. The SMILES string of the molecule is Cc1nn(CC(C)C)c(C)c1CC(=O)Nc1ncc(Cc2ccc(F)cc2)s1. The van der Waals surface area contributed by atoms with Crippen LogP contribution in [0.5, 0.6) is 0 Å². The first-order valence-electron chi connectivity index (χ1n) is 9.33. The number of hydrogen-bond acceptors (Lipinski definition) is 4. The molecule has 3 aromatic rings. The average molecular weight is 401 g/mol. The number of amides is 1. The minimum atomic E-state index is -0.247. The fourth-order valence-electron chi connectivity index (χ4n) is 3.09. The highest BCUT2D eigenvalue weighted by Gasteiger charge is 2.16. The van der Waals surface area contributed by atoms with E-state index in [2.05, 4.69) is 29.2 Å². The van der Waals surface area contributed by atoms with Crippen LogP contribution in [-0.4, -0.2) is 20.7 Å². The molecule has 2 aromatic heterocycles. The third kappa shape index (κ3) is 5.04. The molecule has 7 heteroatoms. The molecule has 0 atom stereocenters. The molecule has 1 aromatic carbocycles. The van der Waals surface area contributed by atoms with E-state index >= 15 is 0 Å². The number of hydrogen-bond donors (Lipinski definition) is 1. The fourth-order valence-corrected chi connectivity index (χ4v) is 3.95. The smallest absolute Gasteiger partial charge is 0.230 e. The zero-order valence-electron chi connectivity index (χ0n) is 16.6. The van der Waals surface area contributed by atoms with Gasteiger partial charge in [0.05, 0.1) is 12.1 Å². The molecular weight excluding hydrogens is 375 g/mol. The maximum absolute atomic E-state index is 13.0. The molecule has 28 heavy (non-hydrogen) atoms. The first-order valence-corrected chi connectivity index (χ1v) is 10.2. The second kappa shape index (κ2) is 8.65. The van der Waals surface area contributed by atoms with Gasteiger partial charge in [-0.05, 0) is 37.5 Å². The first-order chi connectivity index (χ1) is 13.3. The summed E-state index contributed by atoms with van der Waals surface area (Å²) in [6.45, 7) is 9.09. The van der Waals surface area contributed by atoms with Crippen molar-refractivity contribution in [3.05, 3.63) is 63.7 Å². The van der Waals surface area contributed by atoms with Crippen molar-refractivity contribution < 1.29 is 9.18 Å². The van der Waals surface area contributed by atoms with Crippen LogP contribution in [0.3, 0.4) is 0 Å². The molecule has 0 saturated heterocycles. The highest BCUT2D eigenvalue weighted by atomic mass is 32.1. The summed E-state index contributed by atoms with van der Waals surface area (Å²) in [5.41, 5.74) is 3.91. The van der Waals surface area contributed by atoms with E-state index in [9.17, 15) is 9.18 Å². The second-order valence-electron chi connectivity index (χ2n) is 7.39. The van der Waals surface area contributed by atoms with E-state index in [1.165, 1.54) is 23.5 Å². The van der Waals surface area contributed by atoms with Crippen LogP contribution >= 0.6 is 11.3 Å². The van der Waals surface area contributed by atoms with Gasteiger partial charge in [0.1, 0.15) is 5.82 Å². The first kappa shape index (κ1) is 20.2. The molecule has 0 saturated carbocycles. The van der Waals surface area contributed by atoms with Crippen molar-refractivity contribution >= 4 is 22.4 Å². The summed E-state index contributed by atoms with van der Waals surface area (Å²) >= 11 is 1.44. The van der Waals surface area contributed by atoms with Crippen LogP contribution in [0, 0.1) is 25.6 Å². The number of halogens is 1. The number of benzene rings is 1. The normalized spacial score (nSPS) is 11.2. The number of nitrogens with zero attached hydrogens (tertiary/aromatic N) is 3. The van der Waals surface area contributed by atoms with Crippen molar-refractivity contribution in [1.82, 2.24) is 14.8 Å². The summed E-state index contributed by atoms with van der Waals surface area (Å²) < 4.78 is 15.0. The predicted molar refractivity (Wildman–Crippen MR) is 110 cm³/mol. The zero-order chi connectivity index (χ0) is 20.3. The molecule has 0 fully saturated rings. The van der Waals surface area contributed by atoms with E-state index in [0.29, 0.717) is 17.5 Å². The molecule has 0 aliphatic carbocycles. The minimum Gasteiger partial charge on any atom is -0.302 e. The molecular formula is C21H25FN4OS. The molecule has 5 nitrogen and oxygen atoms in total. The largest absolute Gasteiger partial charge is 0.302 e. The topological polar surface area (TPSA) is 59.8 Å². The maximum atomic E-state index is 13.0. The number of thiazole rings is 1. The number of rotatable bonds is 7. The highest BCUT2D eigenvalue weighted by Crippen LogP contribution is 2.22. The van der Waals surface area contributed by atoms with E-state index in [4.69, 9.17) is 0 Å². The van der Waals surface area contributed by atoms with Crippen LogP contribution in [0.25, 0.3) is 0 Å². The fraction of sp³-hybridized carbons (Fsp3) is 0.381. The molecule has 3 rings (SSSR count). The Bertz CT molecular complexity index is 959. The zero-order valence-corrected chi connectivity index (χ0v) is 17.4. The van der Waals surface area contributed by atoms with Crippen LogP contribution in [0.1, 0.15) is 41.2 Å². The van der Waals surface area contributed by atoms with Crippen LogP contribution in [0.2, 0.25) is 0 Å². The molecule has 0 unspecified atom stereocenters. The molecule has 0 bridgehead atoms. The summed E-state index contributed by atoms with van der Waals surface area (Å²) in [5, 5.41) is 8.02. The summed E-state index contributed by atoms with van der Waals surface area (Å²) in [6.07, 6.45) is 2.69. The second-order valence-corrected chi connectivity index (χ2v) is 8.50. The van der Waals surface area contributed by atoms with Crippen LogP contribution in [-0.2, 0) is 24.2 Å². The Morgan fingerprint density at radius 3 is 2.64 bits per heavy atom. The monoisotopic (exact) mass is 400 g/mol. The van der Waals surface area contributed by atoms with E-state index in [0.717, 1.165) is 33.9 Å². The van der Waals surface area contributed by atoms with Gasteiger partial charge in [0, 0.05) is 35.3 Å². The lowest BCUT2D eigenvalue weighted by molar-refractivity contribution is -0.115. The van der Waals surface area contributed by atoms with E-state index in [1.54, 1.807) is 18.3 Å². The van der Waals surface area contributed by atoms with Crippen molar-refractivity contribution in [2.45, 2.75) is 47.1 Å². The standard InChI is InChI=1S/C21H25FN4OS/c1-13(2)12-26-15(4)19(14(3)25-26)10-20(27)24-21-23-11-18(28-21)9-16-5-7-17(22)8-6-16/h5-8,11,13H,9-10,12H2,1-4H3,(H,23,24,27). The van der Waals surface area contributed by atoms with E-state index in [-0.39, 0.29) is 18.1 Å². The van der Waals surface area contributed by atoms with Gasteiger partial charge in [-0.1, -0.05) is 26.0 Å². The molecule has 2 heterocycles. The number of carbonyl (C=O) groups is 1. The van der Waals surface area contributed by atoms with E-state index in [1.807, 2.05) is 18.5 Å². The van der Waals surface area contributed by atoms with Crippen molar-refractivity contribution in [2.24, 2.45) is 5.92 Å². The predicted octanol–water partition coefficient (Wildman–Crippen LogP) is 4.52. The highest BCUT2D eigenvalue weighted by molar-refractivity contribution is 7.15. The summed E-state index contributed by atoms with van der Waals surface area (Å²) in [4.78, 5) is 17.8. The number of anilines is 1. The molecule has 0 spiro atoms. The summed E-state index contributed by atoms with van der Waals surface area (Å²) in [5.74, 6) is 0.149. The van der Waals surface area contributed by atoms with Crippen molar-refractivity contribution in [2.75, 3.05) is 5.32 Å². The quantitative estimate of drug-likeness (QED) is 0.634. The van der Waals surface area contributed by atoms with Crippen molar-refractivity contribution in [1.29, 1.82) is 0 Å².